The molecule has 2 atom stereocenters. The maximum Gasteiger partial charge on any atom is 0.323 e. The summed E-state index contributed by atoms with van der Waals surface area (Å²) in [5.74, 6) is -0.124. The van der Waals surface area contributed by atoms with Crippen molar-refractivity contribution in [3.63, 3.8) is 0 Å². The standard InChI is InChI=1S/C20H40N2O4/c1-13(2)9-15(21)17(23)25-12-19(5,6)11-20(7,8)26-18(24)16(22)10-14(3)4/h13-16H,9-12,21-22H2,1-8H3. The van der Waals surface area contributed by atoms with Gasteiger partial charge in [-0.25, -0.2) is 0 Å². The zero-order chi connectivity index (χ0) is 20.7. The highest BCUT2D eigenvalue weighted by atomic mass is 16.6. The lowest BCUT2D eigenvalue weighted by atomic mass is 9.82. The van der Waals surface area contributed by atoms with Crippen LogP contribution in [0.2, 0.25) is 0 Å². The summed E-state index contributed by atoms with van der Waals surface area (Å²) < 4.78 is 11.0. The molecule has 0 fully saturated rings. The zero-order valence-electron chi connectivity index (χ0n) is 17.9. The van der Waals surface area contributed by atoms with E-state index >= 15 is 0 Å². The second kappa shape index (κ2) is 10.3. The van der Waals surface area contributed by atoms with E-state index in [9.17, 15) is 9.59 Å². The third-order valence-electron chi connectivity index (χ3n) is 3.94. The number of hydrogen-bond acceptors (Lipinski definition) is 6. The Bertz CT molecular complexity index is 459. The number of esters is 2. The van der Waals surface area contributed by atoms with Crippen LogP contribution in [0.4, 0.5) is 0 Å². The van der Waals surface area contributed by atoms with Crippen molar-refractivity contribution in [2.45, 2.75) is 92.3 Å². The van der Waals surface area contributed by atoms with Gasteiger partial charge < -0.3 is 20.9 Å². The van der Waals surface area contributed by atoms with Crippen molar-refractivity contribution in [3.8, 4) is 0 Å². The van der Waals surface area contributed by atoms with Crippen LogP contribution in [-0.2, 0) is 19.1 Å². The smallest absolute Gasteiger partial charge is 0.323 e. The van der Waals surface area contributed by atoms with Crippen molar-refractivity contribution in [2.75, 3.05) is 6.61 Å². The van der Waals surface area contributed by atoms with Gasteiger partial charge in [0, 0.05) is 5.41 Å². The molecule has 6 heteroatoms. The van der Waals surface area contributed by atoms with E-state index in [0.717, 1.165) is 0 Å². The van der Waals surface area contributed by atoms with Gasteiger partial charge in [0.05, 0.1) is 6.61 Å². The molecule has 4 N–H and O–H groups in total. The summed E-state index contributed by atoms with van der Waals surface area (Å²) in [6.45, 7) is 15.9. The van der Waals surface area contributed by atoms with Crippen molar-refractivity contribution in [3.05, 3.63) is 0 Å². The molecule has 0 aromatic heterocycles. The Morgan fingerprint density at radius 1 is 0.846 bits per heavy atom. The first-order chi connectivity index (χ1) is 11.6. The topological polar surface area (TPSA) is 105 Å². The Balaban J connectivity index is 4.61. The summed E-state index contributed by atoms with van der Waals surface area (Å²) in [6, 6.07) is -1.23. The van der Waals surface area contributed by atoms with Gasteiger partial charge in [0.2, 0.25) is 0 Å². The molecular weight excluding hydrogens is 332 g/mol. The van der Waals surface area contributed by atoms with Gasteiger partial charge in [-0.3, -0.25) is 9.59 Å². The van der Waals surface area contributed by atoms with Crippen molar-refractivity contribution in [1.29, 1.82) is 0 Å². The Morgan fingerprint density at radius 2 is 1.27 bits per heavy atom. The van der Waals surface area contributed by atoms with Crippen molar-refractivity contribution in [1.82, 2.24) is 0 Å². The normalized spacial score (nSPS) is 15.1. The number of hydrogen-bond donors (Lipinski definition) is 2. The molecule has 26 heavy (non-hydrogen) atoms. The number of carbonyl (C=O) groups is 2. The molecule has 0 heterocycles. The average Bonchev–Trinajstić information content (AvgIpc) is 2.41. The van der Waals surface area contributed by atoms with E-state index in [1.165, 1.54) is 0 Å². The zero-order valence-corrected chi connectivity index (χ0v) is 17.9. The first kappa shape index (κ1) is 24.9. The van der Waals surface area contributed by atoms with Crippen LogP contribution in [0.5, 0.6) is 0 Å². The maximum absolute atomic E-state index is 12.2. The molecule has 0 bridgehead atoms. The van der Waals surface area contributed by atoms with Crippen LogP contribution >= 0.6 is 0 Å². The van der Waals surface area contributed by atoms with Crippen LogP contribution in [0.3, 0.4) is 0 Å². The van der Waals surface area contributed by atoms with Gasteiger partial charge in [-0.05, 0) is 44.9 Å². The maximum atomic E-state index is 12.2. The van der Waals surface area contributed by atoms with Crippen LogP contribution in [-0.4, -0.2) is 36.2 Å². The fourth-order valence-electron chi connectivity index (χ4n) is 3.17. The van der Waals surface area contributed by atoms with E-state index in [-0.39, 0.29) is 18.0 Å². The molecule has 0 spiro atoms. The molecule has 2 unspecified atom stereocenters. The lowest BCUT2D eigenvalue weighted by molar-refractivity contribution is -0.164. The van der Waals surface area contributed by atoms with E-state index < -0.39 is 23.7 Å². The first-order valence-corrected chi connectivity index (χ1v) is 9.56. The van der Waals surface area contributed by atoms with Crippen molar-refractivity contribution < 1.29 is 19.1 Å². The van der Waals surface area contributed by atoms with Gasteiger partial charge in [0.1, 0.15) is 17.7 Å². The average molecular weight is 373 g/mol. The van der Waals surface area contributed by atoms with E-state index in [2.05, 4.69) is 0 Å². The van der Waals surface area contributed by atoms with Crippen LogP contribution in [0.15, 0.2) is 0 Å². The number of nitrogens with two attached hydrogens (primary N) is 2. The minimum atomic E-state index is -0.707. The highest BCUT2D eigenvalue weighted by Crippen LogP contribution is 2.31. The molecule has 0 rings (SSSR count). The van der Waals surface area contributed by atoms with Crippen LogP contribution in [0, 0.1) is 17.3 Å². The summed E-state index contributed by atoms with van der Waals surface area (Å²) in [7, 11) is 0. The molecule has 0 aliphatic heterocycles. The Labute approximate surface area is 159 Å². The second-order valence-electron chi connectivity index (χ2n) is 9.60. The van der Waals surface area contributed by atoms with E-state index in [0.29, 0.717) is 31.1 Å². The highest BCUT2D eigenvalue weighted by molar-refractivity contribution is 5.76. The van der Waals surface area contributed by atoms with Gasteiger partial charge in [-0.15, -0.1) is 0 Å². The van der Waals surface area contributed by atoms with Gasteiger partial charge in [-0.2, -0.15) is 0 Å². The molecule has 0 radical (unpaired) electrons. The highest BCUT2D eigenvalue weighted by Gasteiger charge is 2.34. The van der Waals surface area contributed by atoms with Gasteiger partial charge in [-0.1, -0.05) is 41.5 Å². The Kier molecular flexibility index (Phi) is 9.81. The number of ether oxygens (including phenoxy) is 2. The van der Waals surface area contributed by atoms with Crippen molar-refractivity contribution in [2.24, 2.45) is 28.7 Å². The summed E-state index contributed by atoms with van der Waals surface area (Å²) in [5, 5.41) is 0. The molecule has 0 saturated heterocycles. The predicted octanol–water partition coefficient (Wildman–Crippen LogP) is 3.01. The fourth-order valence-corrected chi connectivity index (χ4v) is 3.17. The summed E-state index contributed by atoms with van der Waals surface area (Å²) in [4.78, 5) is 24.2. The molecule has 0 amide bonds. The first-order valence-electron chi connectivity index (χ1n) is 9.56. The van der Waals surface area contributed by atoms with Crippen LogP contribution in [0.1, 0.15) is 74.7 Å². The lowest BCUT2D eigenvalue weighted by Crippen LogP contribution is -2.42. The minimum absolute atomic E-state index is 0.219. The lowest BCUT2D eigenvalue weighted by Gasteiger charge is -2.35. The van der Waals surface area contributed by atoms with E-state index in [1.807, 2.05) is 55.4 Å². The molecule has 0 aromatic rings. The van der Waals surface area contributed by atoms with Gasteiger partial charge >= 0.3 is 11.9 Å². The molecule has 0 saturated carbocycles. The largest absolute Gasteiger partial charge is 0.464 e. The van der Waals surface area contributed by atoms with E-state index in [4.69, 9.17) is 20.9 Å². The predicted molar refractivity (Wildman–Crippen MR) is 104 cm³/mol. The number of rotatable bonds is 11. The van der Waals surface area contributed by atoms with Crippen LogP contribution in [0.25, 0.3) is 0 Å². The second-order valence-corrected chi connectivity index (χ2v) is 9.60. The fraction of sp³-hybridized carbons (Fsp3) is 0.900. The Hall–Kier alpha value is -1.14. The molecule has 6 nitrogen and oxygen atoms in total. The molecule has 0 aliphatic carbocycles. The minimum Gasteiger partial charge on any atom is -0.464 e. The summed E-state index contributed by atoms with van der Waals surface area (Å²) in [6.07, 6.45) is 1.71. The van der Waals surface area contributed by atoms with Gasteiger partial charge in [0.25, 0.3) is 0 Å². The van der Waals surface area contributed by atoms with Gasteiger partial charge in [0.15, 0.2) is 0 Å². The molecule has 0 aromatic carbocycles. The SMILES string of the molecule is CC(C)CC(N)C(=O)OCC(C)(C)CC(C)(C)OC(=O)C(N)CC(C)C. The van der Waals surface area contributed by atoms with E-state index in [1.54, 1.807) is 0 Å². The Morgan fingerprint density at radius 3 is 1.69 bits per heavy atom. The monoisotopic (exact) mass is 372 g/mol. The number of carbonyl (C=O) groups excluding carboxylic acids is 2. The van der Waals surface area contributed by atoms with Crippen molar-refractivity contribution >= 4 is 11.9 Å². The molecule has 154 valence electrons. The third kappa shape index (κ3) is 10.8. The molecular formula is C20H40N2O4. The summed E-state index contributed by atoms with van der Waals surface area (Å²) in [5.41, 5.74) is 10.7. The third-order valence-corrected chi connectivity index (χ3v) is 3.94. The quantitative estimate of drug-likeness (QED) is 0.540. The summed E-state index contributed by atoms with van der Waals surface area (Å²) >= 11 is 0. The van der Waals surface area contributed by atoms with Crippen LogP contribution < -0.4 is 11.5 Å². The molecule has 0 aliphatic rings.